The van der Waals surface area contributed by atoms with Crippen molar-refractivity contribution in [3.63, 3.8) is 0 Å². The van der Waals surface area contributed by atoms with Crippen molar-refractivity contribution in [2.45, 2.75) is 44.9 Å². The van der Waals surface area contributed by atoms with Crippen LogP contribution in [-0.2, 0) is 22.4 Å². The van der Waals surface area contributed by atoms with Gasteiger partial charge < -0.3 is 15.2 Å². The largest absolute Gasteiger partial charge is 0.550 e. The summed E-state index contributed by atoms with van der Waals surface area (Å²) in [6, 6.07) is 6.03. The van der Waals surface area contributed by atoms with Gasteiger partial charge in [-0.25, -0.2) is 0 Å². The van der Waals surface area contributed by atoms with Crippen molar-refractivity contribution in [3.05, 3.63) is 29.3 Å². The summed E-state index contributed by atoms with van der Waals surface area (Å²) in [5.41, 5.74) is 3.50. The summed E-state index contributed by atoms with van der Waals surface area (Å²) in [6.07, 6.45) is 5.10. The number of aliphatic carboxylic acids is 1. The van der Waals surface area contributed by atoms with Crippen LogP contribution in [0.2, 0.25) is 0 Å². The lowest BCUT2D eigenvalue weighted by Gasteiger charge is -2.16. The zero-order valence-electron chi connectivity index (χ0n) is 10.9. The predicted octanol–water partition coefficient (Wildman–Crippen LogP) is 1.42. The van der Waals surface area contributed by atoms with Crippen LogP contribution in [0.4, 0.5) is 5.69 Å². The Kier molecular flexibility index (Phi) is 4.55. The summed E-state index contributed by atoms with van der Waals surface area (Å²) < 4.78 is 0. The molecule has 0 aliphatic heterocycles. The van der Waals surface area contributed by atoms with Gasteiger partial charge in [-0.2, -0.15) is 0 Å². The van der Waals surface area contributed by atoms with Crippen LogP contribution in [-0.4, -0.2) is 11.9 Å². The number of carbonyl (C=O) groups is 2. The molecular weight excluding hydrogens is 242 g/mol. The summed E-state index contributed by atoms with van der Waals surface area (Å²) in [5, 5.41) is 13.1. The van der Waals surface area contributed by atoms with Gasteiger partial charge in [-0.15, -0.1) is 0 Å². The number of rotatable bonds is 5. The number of hydrogen-bond donors (Lipinski definition) is 1. The normalized spacial score (nSPS) is 13.7. The van der Waals surface area contributed by atoms with Crippen LogP contribution < -0.4 is 10.4 Å². The molecule has 0 radical (unpaired) electrons. The van der Waals surface area contributed by atoms with E-state index >= 15 is 0 Å². The number of amides is 1. The predicted molar refractivity (Wildman–Crippen MR) is 70.6 cm³/mol. The highest BCUT2D eigenvalue weighted by Gasteiger charge is 2.10. The minimum absolute atomic E-state index is 0.0718. The highest BCUT2D eigenvalue weighted by Crippen LogP contribution is 2.24. The molecule has 0 atom stereocenters. The summed E-state index contributed by atoms with van der Waals surface area (Å²) in [4.78, 5) is 21.9. The monoisotopic (exact) mass is 260 g/mol. The molecule has 1 aromatic carbocycles. The molecule has 4 heteroatoms. The highest BCUT2D eigenvalue weighted by atomic mass is 16.4. The molecule has 0 bridgehead atoms. The van der Waals surface area contributed by atoms with E-state index < -0.39 is 5.97 Å². The molecule has 0 fully saturated rings. The quantitative estimate of drug-likeness (QED) is 0.870. The Morgan fingerprint density at radius 2 is 1.84 bits per heavy atom. The molecule has 0 unspecified atom stereocenters. The second-order valence-electron chi connectivity index (χ2n) is 4.96. The van der Waals surface area contributed by atoms with Gasteiger partial charge in [0, 0.05) is 18.1 Å². The highest BCUT2D eigenvalue weighted by molar-refractivity contribution is 5.91. The fourth-order valence-corrected chi connectivity index (χ4v) is 2.43. The van der Waals surface area contributed by atoms with Crippen LogP contribution in [0.1, 0.15) is 43.2 Å². The zero-order valence-corrected chi connectivity index (χ0v) is 10.9. The molecule has 1 amide bonds. The molecule has 1 aromatic rings. The van der Waals surface area contributed by atoms with Gasteiger partial charge in [0.25, 0.3) is 0 Å². The maximum absolute atomic E-state index is 11.6. The molecule has 0 saturated heterocycles. The Morgan fingerprint density at radius 1 is 1.11 bits per heavy atom. The van der Waals surface area contributed by atoms with Gasteiger partial charge in [-0.3, -0.25) is 4.79 Å². The number of carboxylic acid groups (broad SMARTS) is 1. The average molecular weight is 260 g/mol. The van der Waals surface area contributed by atoms with E-state index in [4.69, 9.17) is 0 Å². The van der Waals surface area contributed by atoms with Crippen LogP contribution in [0, 0.1) is 0 Å². The maximum Gasteiger partial charge on any atom is 0.224 e. The summed E-state index contributed by atoms with van der Waals surface area (Å²) >= 11 is 0. The molecule has 1 aliphatic carbocycles. The first-order chi connectivity index (χ1) is 9.15. The van der Waals surface area contributed by atoms with E-state index in [-0.39, 0.29) is 18.7 Å². The van der Waals surface area contributed by atoms with Gasteiger partial charge >= 0.3 is 0 Å². The van der Waals surface area contributed by atoms with Gasteiger partial charge in [-0.05, 0) is 61.8 Å². The summed E-state index contributed by atoms with van der Waals surface area (Å²) in [7, 11) is 0. The third kappa shape index (κ3) is 4.09. The third-order valence-electron chi connectivity index (χ3n) is 3.42. The van der Waals surface area contributed by atoms with E-state index in [9.17, 15) is 14.7 Å². The lowest BCUT2D eigenvalue weighted by molar-refractivity contribution is -0.305. The molecule has 19 heavy (non-hydrogen) atoms. The molecule has 0 saturated carbocycles. The maximum atomic E-state index is 11.6. The van der Waals surface area contributed by atoms with Crippen molar-refractivity contribution in [2.75, 3.05) is 5.32 Å². The van der Waals surface area contributed by atoms with Crippen LogP contribution in [0.3, 0.4) is 0 Å². The van der Waals surface area contributed by atoms with Gasteiger partial charge in [-0.1, -0.05) is 6.07 Å². The van der Waals surface area contributed by atoms with Crippen LogP contribution in [0.25, 0.3) is 0 Å². The second kappa shape index (κ2) is 6.36. The van der Waals surface area contributed by atoms with Crippen molar-refractivity contribution in [1.82, 2.24) is 0 Å². The van der Waals surface area contributed by atoms with Gasteiger partial charge in [0.2, 0.25) is 5.91 Å². The van der Waals surface area contributed by atoms with Crippen LogP contribution in [0.5, 0.6) is 0 Å². The Labute approximate surface area is 112 Å². The van der Waals surface area contributed by atoms with Gasteiger partial charge in [0.05, 0.1) is 0 Å². The van der Waals surface area contributed by atoms with E-state index in [1.165, 1.54) is 24.0 Å². The van der Waals surface area contributed by atoms with Crippen molar-refractivity contribution in [1.29, 1.82) is 0 Å². The lowest BCUT2D eigenvalue weighted by atomic mass is 9.91. The fourth-order valence-electron chi connectivity index (χ4n) is 2.43. The first-order valence-corrected chi connectivity index (χ1v) is 6.76. The second-order valence-corrected chi connectivity index (χ2v) is 4.96. The molecule has 1 aliphatic rings. The smallest absolute Gasteiger partial charge is 0.224 e. The zero-order chi connectivity index (χ0) is 13.7. The summed E-state index contributed by atoms with van der Waals surface area (Å²) in [6.45, 7) is 0. The number of hydrogen-bond acceptors (Lipinski definition) is 3. The fraction of sp³-hybridized carbons (Fsp3) is 0.467. The minimum atomic E-state index is -1.11. The van der Waals surface area contributed by atoms with Crippen LogP contribution in [0.15, 0.2) is 18.2 Å². The Bertz CT molecular complexity index is 482. The molecule has 2 rings (SSSR count). The molecule has 102 valence electrons. The molecule has 0 heterocycles. The number of carbonyl (C=O) groups excluding carboxylic acids is 2. The van der Waals surface area contributed by atoms with Crippen molar-refractivity contribution < 1.29 is 14.7 Å². The van der Waals surface area contributed by atoms with Gasteiger partial charge in [0.1, 0.15) is 0 Å². The number of nitrogens with one attached hydrogen (secondary N) is 1. The Balaban J connectivity index is 1.88. The van der Waals surface area contributed by atoms with Gasteiger partial charge in [0.15, 0.2) is 0 Å². The molecule has 4 nitrogen and oxygen atoms in total. The first-order valence-electron chi connectivity index (χ1n) is 6.76. The van der Waals surface area contributed by atoms with E-state index in [0.29, 0.717) is 6.42 Å². The van der Waals surface area contributed by atoms with Crippen LogP contribution >= 0.6 is 0 Å². The molecule has 0 spiro atoms. The minimum Gasteiger partial charge on any atom is -0.550 e. The van der Waals surface area contributed by atoms with Crippen molar-refractivity contribution in [2.24, 2.45) is 0 Å². The summed E-state index contributed by atoms with van der Waals surface area (Å²) in [5.74, 6) is -1.25. The molecule has 1 N–H and O–H groups in total. The Hall–Kier alpha value is -1.84. The van der Waals surface area contributed by atoms with E-state index in [1.54, 1.807) is 0 Å². The third-order valence-corrected chi connectivity index (χ3v) is 3.42. The molecule has 0 aromatic heterocycles. The lowest BCUT2D eigenvalue weighted by Crippen LogP contribution is -2.22. The topological polar surface area (TPSA) is 69.2 Å². The standard InChI is InChI=1S/C15H19NO3/c17-14(6-3-7-15(18)19)16-13-9-8-11-4-1-2-5-12(11)10-13/h8-10H,1-7H2,(H,16,17)(H,18,19)/p-1. The number of anilines is 1. The average Bonchev–Trinajstić information content (AvgIpc) is 2.38. The number of aryl methyl sites for hydroxylation is 2. The van der Waals surface area contributed by atoms with Crippen molar-refractivity contribution >= 4 is 17.6 Å². The van der Waals surface area contributed by atoms with Crippen molar-refractivity contribution in [3.8, 4) is 0 Å². The SMILES string of the molecule is O=C([O-])CCCC(=O)Nc1ccc2c(c1)CCCC2. The number of benzene rings is 1. The van der Waals surface area contributed by atoms with E-state index in [1.807, 2.05) is 12.1 Å². The van der Waals surface area contributed by atoms with E-state index in [0.717, 1.165) is 18.5 Å². The first kappa shape index (κ1) is 13.6. The molecular formula is C15H18NO3-. The number of fused-ring (bicyclic) bond motifs is 1. The number of carboxylic acids is 1. The Morgan fingerprint density at radius 3 is 2.58 bits per heavy atom. The van der Waals surface area contributed by atoms with E-state index in [2.05, 4.69) is 11.4 Å².